The van der Waals surface area contributed by atoms with E-state index in [0.29, 0.717) is 0 Å². The van der Waals surface area contributed by atoms with E-state index >= 15 is 0 Å². The molecule has 104 valence electrons. The van der Waals surface area contributed by atoms with Gasteiger partial charge in [0.05, 0.1) is 4.92 Å². The first kappa shape index (κ1) is 13.6. The number of nitro groups is 1. The Balaban J connectivity index is 2.35. The Morgan fingerprint density at radius 2 is 2.00 bits per heavy atom. The smallest absolute Gasteiger partial charge is 0.380 e. The molecule has 1 N–H and O–H groups in total. The molecule has 0 radical (unpaired) electrons. The maximum absolute atomic E-state index is 12.8. The molecule has 0 aliphatic heterocycles. The van der Waals surface area contributed by atoms with E-state index in [0.717, 1.165) is 31.4 Å². The van der Waals surface area contributed by atoms with E-state index in [1.807, 2.05) is 6.92 Å². The molecule has 0 heterocycles. The molecule has 0 bridgehead atoms. The summed E-state index contributed by atoms with van der Waals surface area (Å²) in [5.74, 6) is 0. The molecular weight excluding hydrogens is 261 g/mol. The molecule has 0 unspecified atom stereocenters. The second-order valence-corrected chi connectivity index (χ2v) is 5.03. The highest BCUT2D eigenvalue weighted by molar-refractivity contribution is 5.56. The highest BCUT2D eigenvalue weighted by Gasteiger charge is 2.39. The van der Waals surface area contributed by atoms with Gasteiger partial charge in [0.1, 0.15) is 5.56 Å². The third-order valence-corrected chi connectivity index (χ3v) is 3.40. The normalized spacial score (nSPS) is 17.7. The largest absolute Gasteiger partial charge is 0.423 e. The van der Waals surface area contributed by atoms with E-state index in [1.165, 1.54) is 6.07 Å². The number of nitrogens with one attached hydrogen (secondary N) is 1. The van der Waals surface area contributed by atoms with Gasteiger partial charge in [-0.15, -0.1) is 0 Å². The van der Waals surface area contributed by atoms with Crippen molar-refractivity contribution < 1.29 is 18.1 Å². The fourth-order valence-electron chi connectivity index (χ4n) is 2.18. The zero-order valence-corrected chi connectivity index (χ0v) is 10.3. The molecular formula is C12H13F3N2O2. The summed E-state index contributed by atoms with van der Waals surface area (Å²) in [5, 5.41) is 13.6. The Bertz CT molecular complexity index is 510. The third-order valence-electron chi connectivity index (χ3n) is 3.40. The van der Waals surface area contributed by atoms with Crippen LogP contribution in [0.5, 0.6) is 0 Å². The maximum Gasteiger partial charge on any atom is 0.423 e. The predicted molar refractivity (Wildman–Crippen MR) is 64.0 cm³/mol. The van der Waals surface area contributed by atoms with Crippen LogP contribution < -0.4 is 5.32 Å². The number of hydrogen-bond acceptors (Lipinski definition) is 3. The first-order valence-corrected chi connectivity index (χ1v) is 5.85. The first-order valence-electron chi connectivity index (χ1n) is 5.85. The van der Waals surface area contributed by atoms with Crippen molar-refractivity contribution in [2.45, 2.75) is 37.9 Å². The van der Waals surface area contributed by atoms with Crippen LogP contribution in [0.2, 0.25) is 0 Å². The summed E-state index contributed by atoms with van der Waals surface area (Å²) in [7, 11) is 0. The summed E-state index contributed by atoms with van der Waals surface area (Å²) in [6, 6.07) is 3.02. The van der Waals surface area contributed by atoms with E-state index in [9.17, 15) is 23.3 Å². The van der Waals surface area contributed by atoms with Gasteiger partial charge in [0.25, 0.3) is 5.69 Å². The average molecular weight is 274 g/mol. The second-order valence-electron chi connectivity index (χ2n) is 5.03. The topological polar surface area (TPSA) is 55.2 Å². The van der Waals surface area contributed by atoms with Crippen LogP contribution in [0.4, 0.5) is 24.5 Å². The van der Waals surface area contributed by atoms with Crippen molar-refractivity contribution in [3.05, 3.63) is 33.9 Å². The molecule has 0 aromatic heterocycles. The van der Waals surface area contributed by atoms with Crippen LogP contribution in [0, 0.1) is 10.1 Å². The Morgan fingerprint density at radius 1 is 1.37 bits per heavy atom. The number of anilines is 1. The molecule has 19 heavy (non-hydrogen) atoms. The lowest BCUT2D eigenvalue weighted by atomic mass is 9.78. The summed E-state index contributed by atoms with van der Waals surface area (Å²) in [4.78, 5) is 9.60. The van der Waals surface area contributed by atoms with Crippen molar-refractivity contribution in [2.24, 2.45) is 0 Å². The number of alkyl halides is 3. The fraction of sp³-hybridized carbons (Fsp3) is 0.500. The van der Waals surface area contributed by atoms with E-state index in [1.54, 1.807) is 0 Å². The van der Waals surface area contributed by atoms with Gasteiger partial charge in [0, 0.05) is 17.3 Å². The van der Waals surface area contributed by atoms with Crippen molar-refractivity contribution in [2.75, 3.05) is 5.32 Å². The average Bonchev–Trinajstić information content (AvgIpc) is 2.25. The zero-order valence-electron chi connectivity index (χ0n) is 10.3. The summed E-state index contributed by atoms with van der Waals surface area (Å²) in [6.45, 7) is 1.92. The number of nitrogens with zero attached hydrogens (tertiary/aromatic N) is 1. The molecule has 0 atom stereocenters. The van der Waals surface area contributed by atoms with Crippen molar-refractivity contribution in [1.29, 1.82) is 0 Å². The van der Waals surface area contributed by atoms with Gasteiger partial charge >= 0.3 is 6.18 Å². The third kappa shape index (κ3) is 2.80. The van der Waals surface area contributed by atoms with Crippen LogP contribution >= 0.6 is 0 Å². The van der Waals surface area contributed by atoms with Gasteiger partial charge in [-0.05, 0) is 38.3 Å². The lowest BCUT2D eigenvalue weighted by Gasteiger charge is -2.40. The molecule has 7 heteroatoms. The molecule has 1 aromatic carbocycles. The van der Waals surface area contributed by atoms with Gasteiger partial charge in [0.15, 0.2) is 0 Å². The second kappa shape index (κ2) is 4.40. The molecule has 1 aliphatic rings. The van der Waals surface area contributed by atoms with Crippen molar-refractivity contribution >= 4 is 11.4 Å². The van der Waals surface area contributed by atoms with Crippen LogP contribution in [0.3, 0.4) is 0 Å². The van der Waals surface area contributed by atoms with E-state index < -0.39 is 22.4 Å². The summed E-state index contributed by atoms with van der Waals surface area (Å²) in [5.41, 5.74) is -2.08. The highest BCUT2D eigenvalue weighted by Crippen LogP contribution is 2.40. The van der Waals surface area contributed by atoms with Gasteiger partial charge in [-0.3, -0.25) is 10.1 Å². The summed E-state index contributed by atoms with van der Waals surface area (Å²) >= 11 is 0. The van der Waals surface area contributed by atoms with Crippen molar-refractivity contribution in [1.82, 2.24) is 0 Å². The molecule has 4 nitrogen and oxygen atoms in total. The first-order chi connectivity index (χ1) is 8.71. The number of nitro benzene ring substituents is 1. The lowest BCUT2D eigenvalue weighted by molar-refractivity contribution is -0.388. The number of rotatable bonds is 3. The van der Waals surface area contributed by atoms with Crippen molar-refractivity contribution in [3.8, 4) is 0 Å². The molecule has 1 fully saturated rings. The number of halogens is 3. The van der Waals surface area contributed by atoms with Crippen molar-refractivity contribution in [3.63, 3.8) is 0 Å². The Hall–Kier alpha value is -1.79. The summed E-state index contributed by atoms with van der Waals surface area (Å²) in [6.07, 6.45) is -1.94. The molecule has 0 spiro atoms. The minimum absolute atomic E-state index is 0.209. The highest BCUT2D eigenvalue weighted by atomic mass is 19.4. The maximum atomic E-state index is 12.8. The monoisotopic (exact) mass is 274 g/mol. The zero-order chi connectivity index (χ0) is 14.3. The van der Waals surface area contributed by atoms with Gasteiger partial charge < -0.3 is 5.32 Å². The van der Waals surface area contributed by atoms with Gasteiger partial charge in [-0.1, -0.05) is 0 Å². The minimum atomic E-state index is -4.74. The molecule has 0 saturated heterocycles. The van der Waals surface area contributed by atoms with Crippen LogP contribution in [-0.2, 0) is 6.18 Å². The fourth-order valence-corrected chi connectivity index (χ4v) is 2.18. The van der Waals surface area contributed by atoms with E-state index in [4.69, 9.17) is 0 Å². The molecule has 2 rings (SSSR count). The van der Waals surface area contributed by atoms with Gasteiger partial charge in [-0.25, -0.2) is 0 Å². The number of benzene rings is 1. The van der Waals surface area contributed by atoms with Gasteiger partial charge in [0.2, 0.25) is 0 Å². The molecule has 1 aromatic rings. The van der Waals surface area contributed by atoms with Crippen LogP contribution in [0.25, 0.3) is 0 Å². The Labute approximate surface area is 107 Å². The Morgan fingerprint density at radius 3 is 2.42 bits per heavy atom. The van der Waals surface area contributed by atoms with Crippen LogP contribution in [0.1, 0.15) is 31.7 Å². The SMILES string of the molecule is CC1(Nc2ccc([N+](=O)[O-])c(C(F)(F)F)c2)CCC1. The molecule has 1 saturated carbocycles. The Kier molecular flexibility index (Phi) is 3.15. The number of hydrogen-bond donors (Lipinski definition) is 1. The van der Waals surface area contributed by atoms with E-state index in [-0.39, 0.29) is 11.2 Å². The van der Waals surface area contributed by atoms with Crippen LogP contribution in [0.15, 0.2) is 18.2 Å². The minimum Gasteiger partial charge on any atom is -0.380 e. The van der Waals surface area contributed by atoms with E-state index in [2.05, 4.69) is 5.32 Å². The predicted octanol–water partition coefficient (Wildman–Crippen LogP) is 3.97. The quantitative estimate of drug-likeness (QED) is 0.670. The van der Waals surface area contributed by atoms with Crippen LogP contribution in [-0.4, -0.2) is 10.5 Å². The molecule has 0 amide bonds. The lowest BCUT2D eigenvalue weighted by Crippen LogP contribution is -2.41. The van der Waals surface area contributed by atoms with Gasteiger partial charge in [-0.2, -0.15) is 13.2 Å². The molecule has 1 aliphatic carbocycles. The standard InChI is InChI=1S/C12H13F3N2O2/c1-11(5-2-6-11)16-8-3-4-10(17(18)19)9(7-8)12(13,14)15/h3-4,7,16H,2,5-6H2,1H3. The summed E-state index contributed by atoms with van der Waals surface area (Å²) < 4.78 is 38.4.